The van der Waals surface area contributed by atoms with Crippen molar-refractivity contribution in [3.05, 3.63) is 95.1 Å². The minimum absolute atomic E-state index is 0.0170. The third-order valence-electron chi connectivity index (χ3n) is 6.81. The number of aliphatic hydroxyl groups excluding tert-OH is 2. The van der Waals surface area contributed by atoms with Crippen molar-refractivity contribution < 1.29 is 47.3 Å². The predicted molar refractivity (Wildman–Crippen MR) is 187 cm³/mol. The molecule has 4 rings (SSSR count). The van der Waals surface area contributed by atoms with Crippen LogP contribution >= 0.6 is 0 Å². The van der Waals surface area contributed by atoms with E-state index in [1.54, 1.807) is 13.8 Å². The summed E-state index contributed by atoms with van der Waals surface area (Å²) in [5, 5.41) is 33.5. The van der Waals surface area contributed by atoms with Gasteiger partial charge < -0.3 is 26.4 Å². The molecule has 0 aliphatic carbocycles. The fourth-order valence-corrected chi connectivity index (χ4v) is 4.29. The number of carboxylic acid groups (broad SMARTS) is 1. The van der Waals surface area contributed by atoms with Crippen LogP contribution in [0.2, 0.25) is 0 Å². The lowest BCUT2D eigenvalue weighted by Gasteiger charge is -2.13. The van der Waals surface area contributed by atoms with Gasteiger partial charge in [-0.1, -0.05) is 60.7 Å². The molecule has 0 aliphatic rings. The third kappa shape index (κ3) is 14.2. The van der Waals surface area contributed by atoms with E-state index in [4.69, 9.17) is 22.4 Å². The summed E-state index contributed by atoms with van der Waals surface area (Å²) in [5.74, 6) is -2.35. The maximum atomic E-state index is 12.0. The average molecular weight is 704 g/mol. The van der Waals surface area contributed by atoms with E-state index in [1.165, 1.54) is 6.40 Å². The van der Waals surface area contributed by atoms with Gasteiger partial charge in [0.1, 0.15) is 8.10 Å². The van der Waals surface area contributed by atoms with Gasteiger partial charge in [-0.15, -0.1) is 12.8 Å². The molecule has 0 aromatic heterocycles. The van der Waals surface area contributed by atoms with Gasteiger partial charge in [0.2, 0.25) is 5.91 Å². The van der Waals surface area contributed by atoms with Crippen LogP contribution in [0.25, 0.3) is 21.5 Å². The third-order valence-corrected chi connectivity index (χ3v) is 7.96. The smallest absolute Gasteiger partial charge is 0.310 e. The Morgan fingerprint density at radius 2 is 1.19 bits per heavy atom. The zero-order chi connectivity index (χ0) is 37.4. The molecule has 0 radical (unpaired) electrons. The SMILES string of the molecule is CC(C(=O)NCOS(C)(=O)=O)c1ccc2cc(CO)ccc2c1.CC(C(=O)O)c1ccc2cc(CO)ccc2c1.CS(=O)(=O)CN.[2H]C#C. The Kier molecular flexibility index (Phi) is 16.1. The van der Waals surface area contributed by atoms with Crippen molar-refractivity contribution in [3.63, 3.8) is 0 Å². The Hall–Kier alpha value is -4.36. The van der Waals surface area contributed by atoms with Crippen LogP contribution in [-0.2, 0) is 46.9 Å². The minimum Gasteiger partial charge on any atom is -0.481 e. The molecule has 2 unspecified atom stereocenters. The number of carbonyl (C=O) groups excluding carboxylic acids is 1. The molecule has 0 spiro atoms. The van der Waals surface area contributed by atoms with E-state index < -0.39 is 37.8 Å². The lowest BCUT2D eigenvalue weighted by atomic mass is 9.96. The number of carbonyl (C=O) groups is 2. The first-order valence-electron chi connectivity index (χ1n) is 14.8. The molecule has 48 heavy (non-hydrogen) atoms. The van der Waals surface area contributed by atoms with Gasteiger partial charge in [-0.2, -0.15) is 8.42 Å². The molecule has 4 aromatic carbocycles. The molecule has 0 fully saturated rings. The van der Waals surface area contributed by atoms with Crippen molar-refractivity contribution in [1.29, 1.82) is 0 Å². The molecule has 2 atom stereocenters. The number of hydrogen-bond donors (Lipinski definition) is 5. The van der Waals surface area contributed by atoms with Crippen LogP contribution in [0.1, 0.15) is 49.3 Å². The summed E-state index contributed by atoms with van der Waals surface area (Å²) in [6.07, 6.45) is 7.78. The Labute approximate surface area is 283 Å². The van der Waals surface area contributed by atoms with Gasteiger partial charge in [0.25, 0.3) is 10.1 Å². The number of benzene rings is 4. The number of hydrogen-bond acceptors (Lipinski definition) is 10. The molecule has 0 saturated heterocycles. The Bertz CT molecular complexity index is 1980. The van der Waals surface area contributed by atoms with Crippen molar-refractivity contribution in [1.82, 2.24) is 5.32 Å². The van der Waals surface area contributed by atoms with Crippen LogP contribution in [0.5, 0.6) is 0 Å². The fraction of sp³-hybridized carbons (Fsp3) is 0.294. The summed E-state index contributed by atoms with van der Waals surface area (Å²) in [6.45, 7) is 3.03. The van der Waals surface area contributed by atoms with E-state index in [1.807, 2.05) is 72.8 Å². The summed E-state index contributed by atoms with van der Waals surface area (Å²) in [6, 6.07) is 22.5. The topological polar surface area (TPSA) is 210 Å². The number of rotatable bonds is 10. The molecule has 260 valence electrons. The lowest BCUT2D eigenvalue weighted by Crippen LogP contribution is -2.31. The number of carboxylic acids is 1. The molecular weight excluding hydrogens is 661 g/mol. The molecule has 0 bridgehead atoms. The molecule has 4 aromatic rings. The predicted octanol–water partition coefficient (Wildman–Crippen LogP) is 3.20. The van der Waals surface area contributed by atoms with Gasteiger partial charge in [0.15, 0.2) is 9.84 Å². The Morgan fingerprint density at radius 1 is 0.812 bits per heavy atom. The molecular formula is C34H42N2O10S2. The maximum absolute atomic E-state index is 12.0. The molecule has 6 N–H and O–H groups in total. The second kappa shape index (κ2) is 19.5. The number of sulfone groups is 1. The summed E-state index contributed by atoms with van der Waals surface area (Å²) in [7, 11) is -6.46. The second-order valence-electron chi connectivity index (χ2n) is 10.6. The Balaban J connectivity index is 0.000000403. The van der Waals surface area contributed by atoms with Gasteiger partial charge >= 0.3 is 5.97 Å². The zero-order valence-corrected chi connectivity index (χ0v) is 28.7. The standard InChI is InChI=1S/C16H19NO5S.C14H14O3.C2H7NO2S.C2H2/c1-11(16(19)17-10-22-23(2,20)21)13-5-6-14-7-12(9-18)3-4-15(14)8-13;1-9(14(16)17)11-4-5-12-6-10(8-15)2-3-13(12)7-11;1-6(4,5)2-3;1-2/h3-8,11,18H,9-10H2,1-2H3,(H,17,19);2-7,9,15H,8H2,1H3,(H,16,17);2-3H2,1H3;1-2H/i;;;1D. The van der Waals surface area contributed by atoms with Crippen molar-refractivity contribution in [3.8, 4) is 12.8 Å². The quantitative estimate of drug-likeness (QED) is 0.0920. The zero-order valence-electron chi connectivity index (χ0n) is 28.1. The van der Waals surface area contributed by atoms with Gasteiger partial charge in [-0.3, -0.25) is 9.59 Å². The largest absolute Gasteiger partial charge is 0.481 e. The lowest BCUT2D eigenvalue weighted by molar-refractivity contribution is -0.138. The normalized spacial score (nSPS) is 12.3. The van der Waals surface area contributed by atoms with E-state index in [0.717, 1.165) is 56.3 Å². The average Bonchev–Trinajstić information content (AvgIpc) is 3.06. The van der Waals surface area contributed by atoms with Crippen LogP contribution in [0, 0.1) is 12.8 Å². The Morgan fingerprint density at radius 3 is 1.54 bits per heavy atom. The van der Waals surface area contributed by atoms with Crippen LogP contribution in [-0.4, -0.2) is 69.2 Å². The summed E-state index contributed by atoms with van der Waals surface area (Å²) in [5.41, 5.74) is 8.01. The summed E-state index contributed by atoms with van der Waals surface area (Å²) in [4.78, 5) is 23.0. The first kappa shape index (κ1) is 39.8. The first-order chi connectivity index (χ1) is 22.9. The second-order valence-corrected chi connectivity index (χ2v) is 14.4. The van der Waals surface area contributed by atoms with Crippen molar-refractivity contribution in [2.75, 3.05) is 25.1 Å². The fourth-order valence-electron chi connectivity index (χ4n) is 4.02. The van der Waals surface area contributed by atoms with Gasteiger partial charge in [0, 0.05) is 6.26 Å². The number of nitrogens with two attached hydrogens (primary N) is 1. The van der Waals surface area contributed by atoms with Gasteiger partial charge in [0.05, 0.1) is 37.2 Å². The van der Waals surface area contributed by atoms with Crippen LogP contribution in [0.4, 0.5) is 0 Å². The number of terminal acetylenes is 1. The van der Waals surface area contributed by atoms with E-state index in [9.17, 15) is 26.4 Å². The van der Waals surface area contributed by atoms with Crippen molar-refractivity contribution in [2.45, 2.75) is 38.9 Å². The minimum atomic E-state index is -3.58. The van der Waals surface area contributed by atoms with Crippen LogP contribution < -0.4 is 11.1 Å². The molecule has 0 aliphatic heterocycles. The number of aliphatic carboxylic acids is 1. The summed E-state index contributed by atoms with van der Waals surface area (Å²) < 4.78 is 51.7. The number of nitrogens with one attached hydrogen (secondary N) is 1. The van der Waals surface area contributed by atoms with E-state index in [2.05, 4.69) is 15.9 Å². The number of aliphatic hydroxyl groups is 2. The monoisotopic (exact) mass is 703 g/mol. The van der Waals surface area contributed by atoms with Crippen molar-refractivity contribution in [2.24, 2.45) is 5.73 Å². The van der Waals surface area contributed by atoms with Gasteiger partial charge in [-0.25, -0.2) is 12.6 Å². The highest BCUT2D eigenvalue weighted by atomic mass is 32.2. The van der Waals surface area contributed by atoms with E-state index in [-0.39, 0.29) is 31.7 Å². The highest BCUT2D eigenvalue weighted by molar-refractivity contribution is 7.90. The molecule has 0 saturated carbocycles. The number of fused-ring (bicyclic) bond motifs is 2. The highest BCUT2D eigenvalue weighted by Gasteiger charge is 2.16. The van der Waals surface area contributed by atoms with E-state index in [0.29, 0.717) is 0 Å². The summed E-state index contributed by atoms with van der Waals surface area (Å²) >= 11 is 0. The molecule has 1 amide bonds. The molecule has 14 heteroatoms. The van der Waals surface area contributed by atoms with Crippen LogP contribution in [0.15, 0.2) is 72.8 Å². The maximum Gasteiger partial charge on any atom is 0.310 e. The number of amides is 1. The first-order valence-corrected chi connectivity index (χ1v) is 18.1. The van der Waals surface area contributed by atoms with Crippen LogP contribution in [0.3, 0.4) is 0 Å². The highest BCUT2D eigenvalue weighted by Crippen LogP contribution is 2.24. The van der Waals surface area contributed by atoms with E-state index >= 15 is 0 Å². The molecule has 0 heterocycles. The van der Waals surface area contributed by atoms with Gasteiger partial charge in [-0.05, 0) is 69.8 Å². The van der Waals surface area contributed by atoms with Crippen molar-refractivity contribution >= 4 is 53.4 Å². The molecule has 12 nitrogen and oxygen atoms in total.